The average Bonchev–Trinajstić information content (AvgIpc) is 2.82. The molecular weight excluding hydrogens is 443 g/mol. The lowest BCUT2D eigenvalue weighted by Gasteiger charge is -2.18. The molecule has 1 atom stereocenters. The van der Waals surface area contributed by atoms with Crippen LogP contribution >= 0.6 is 0 Å². The molecule has 0 radical (unpaired) electrons. The van der Waals surface area contributed by atoms with Gasteiger partial charge in [0.05, 0.1) is 31.5 Å². The van der Waals surface area contributed by atoms with Gasteiger partial charge in [0.25, 0.3) is 5.56 Å². The van der Waals surface area contributed by atoms with E-state index in [1.54, 1.807) is 45.3 Å². The molecule has 0 aliphatic carbocycles. The van der Waals surface area contributed by atoms with Crippen molar-refractivity contribution in [3.8, 4) is 5.75 Å². The molecule has 0 spiro atoms. The van der Waals surface area contributed by atoms with Gasteiger partial charge in [0, 0.05) is 24.2 Å². The van der Waals surface area contributed by atoms with E-state index in [-0.39, 0.29) is 41.8 Å². The number of rotatable bonds is 9. The highest BCUT2D eigenvalue weighted by atomic mass is 19.1. The van der Waals surface area contributed by atoms with Gasteiger partial charge in [-0.3, -0.25) is 18.9 Å². The lowest BCUT2D eigenvalue weighted by molar-refractivity contribution is 0.0859. The molecule has 1 aromatic carbocycles. The van der Waals surface area contributed by atoms with Crippen LogP contribution in [-0.2, 0) is 17.9 Å². The van der Waals surface area contributed by atoms with Gasteiger partial charge >= 0.3 is 5.69 Å². The molecule has 3 aromatic rings. The molecule has 3 rings (SSSR count). The van der Waals surface area contributed by atoms with Gasteiger partial charge in [-0.05, 0) is 50.6 Å². The molecule has 10 heteroatoms. The molecule has 34 heavy (non-hydrogen) atoms. The molecular formula is C24H27FN4O5. The molecule has 0 bridgehead atoms. The number of aliphatic hydroxyl groups excluding tert-OH is 1. The molecule has 0 amide bonds. The van der Waals surface area contributed by atoms with Crippen LogP contribution in [-0.4, -0.2) is 38.2 Å². The first kappa shape index (κ1) is 24.8. The van der Waals surface area contributed by atoms with Crippen molar-refractivity contribution in [2.24, 2.45) is 5.16 Å². The number of methoxy groups -OCH3 is 1. The first-order chi connectivity index (χ1) is 16.2. The van der Waals surface area contributed by atoms with E-state index in [9.17, 15) is 19.1 Å². The van der Waals surface area contributed by atoms with E-state index in [0.29, 0.717) is 5.56 Å². The van der Waals surface area contributed by atoms with Gasteiger partial charge in [-0.25, -0.2) is 9.18 Å². The molecule has 0 aliphatic heterocycles. The van der Waals surface area contributed by atoms with E-state index < -0.39 is 23.2 Å². The van der Waals surface area contributed by atoms with Crippen molar-refractivity contribution >= 4 is 5.71 Å². The van der Waals surface area contributed by atoms with E-state index in [0.717, 1.165) is 10.6 Å². The zero-order valence-electron chi connectivity index (χ0n) is 19.4. The Morgan fingerprint density at radius 2 is 2.03 bits per heavy atom. The van der Waals surface area contributed by atoms with Crippen molar-refractivity contribution < 1.29 is 19.1 Å². The number of nitrogens with zero attached hydrogens (tertiary/aromatic N) is 4. The van der Waals surface area contributed by atoms with Crippen molar-refractivity contribution in [2.75, 3.05) is 7.11 Å². The highest BCUT2D eigenvalue weighted by Crippen LogP contribution is 2.26. The van der Waals surface area contributed by atoms with Gasteiger partial charge in [-0.1, -0.05) is 11.2 Å². The number of ether oxygens (including phenoxy) is 1. The normalized spacial score (nSPS) is 12.6. The van der Waals surface area contributed by atoms with Gasteiger partial charge in [-0.15, -0.1) is 0 Å². The summed E-state index contributed by atoms with van der Waals surface area (Å²) < 4.78 is 21.3. The van der Waals surface area contributed by atoms with Crippen LogP contribution < -0.4 is 16.0 Å². The number of oxime groups is 1. The number of pyridine rings is 1. The van der Waals surface area contributed by atoms with Crippen LogP contribution in [0, 0.1) is 5.82 Å². The van der Waals surface area contributed by atoms with E-state index in [2.05, 4.69) is 10.1 Å². The van der Waals surface area contributed by atoms with Crippen molar-refractivity contribution in [3.05, 3.63) is 92.3 Å². The fraction of sp³-hybridized carbons (Fsp3) is 0.333. The van der Waals surface area contributed by atoms with Gasteiger partial charge in [0.1, 0.15) is 23.8 Å². The Hall–Kier alpha value is -3.79. The molecule has 0 aliphatic rings. The summed E-state index contributed by atoms with van der Waals surface area (Å²) in [5.41, 5.74) is 0.00848. The minimum atomic E-state index is -1.29. The third kappa shape index (κ3) is 5.76. The van der Waals surface area contributed by atoms with Crippen LogP contribution in [0.2, 0.25) is 0 Å². The van der Waals surface area contributed by atoms with Crippen molar-refractivity contribution in [1.82, 2.24) is 14.1 Å². The lowest BCUT2D eigenvalue weighted by atomic mass is 10.1. The van der Waals surface area contributed by atoms with Gasteiger partial charge in [0.2, 0.25) is 0 Å². The highest BCUT2D eigenvalue weighted by molar-refractivity contribution is 5.97. The van der Waals surface area contributed by atoms with Crippen molar-refractivity contribution in [1.29, 1.82) is 0 Å². The number of benzene rings is 1. The maximum atomic E-state index is 13.8. The van der Waals surface area contributed by atoms with Crippen LogP contribution in [0.1, 0.15) is 43.6 Å². The SMILES string of the molecule is COc1ccc(F)cc1C(O)Cn1cc(/C(C)=N/OC(C)C)c(=O)n(Cc2cccnc2)c1=O. The van der Waals surface area contributed by atoms with Crippen molar-refractivity contribution in [3.63, 3.8) is 0 Å². The second-order valence-corrected chi connectivity index (χ2v) is 7.96. The fourth-order valence-corrected chi connectivity index (χ4v) is 3.33. The minimum Gasteiger partial charge on any atom is -0.496 e. The average molecular weight is 471 g/mol. The monoisotopic (exact) mass is 470 g/mol. The molecule has 1 N–H and O–H groups in total. The number of hydrogen-bond donors (Lipinski definition) is 1. The van der Waals surface area contributed by atoms with E-state index in [1.807, 2.05) is 0 Å². The Morgan fingerprint density at radius 1 is 1.26 bits per heavy atom. The molecule has 2 aromatic heterocycles. The van der Waals surface area contributed by atoms with Crippen LogP contribution in [0.15, 0.2) is 63.7 Å². The Labute approximate surface area is 195 Å². The quantitative estimate of drug-likeness (QED) is 0.380. The summed E-state index contributed by atoms with van der Waals surface area (Å²) in [7, 11) is 1.40. The van der Waals surface area contributed by atoms with Gasteiger partial charge in [0.15, 0.2) is 0 Å². The third-order valence-electron chi connectivity index (χ3n) is 5.01. The third-order valence-corrected chi connectivity index (χ3v) is 5.01. The van der Waals surface area contributed by atoms with E-state index >= 15 is 0 Å². The molecule has 0 saturated heterocycles. The maximum Gasteiger partial charge on any atom is 0.331 e. The van der Waals surface area contributed by atoms with Crippen LogP contribution in [0.25, 0.3) is 0 Å². The summed E-state index contributed by atoms with van der Waals surface area (Å²) in [5, 5.41) is 14.8. The smallest absolute Gasteiger partial charge is 0.331 e. The summed E-state index contributed by atoms with van der Waals surface area (Å²) in [6.45, 7) is 4.89. The maximum absolute atomic E-state index is 13.8. The number of aliphatic hydroxyl groups is 1. The topological polar surface area (TPSA) is 108 Å². The zero-order valence-corrected chi connectivity index (χ0v) is 19.4. The van der Waals surface area contributed by atoms with Gasteiger partial charge in [-0.2, -0.15) is 0 Å². The second kappa shape index (κ2) is 10.9. The largest absolute Gasteiger partial charge is 0.496 e. The summed E-state index contributed by atoms with van der Waals surface area (Å²) >= 11 is 0. The number of aromatic nitrogens is 3. The summed E-state index contributed by atoms with van der Waals surface area (Å²) in [6, 6.07) is 7.19. The standard InChI is InChI=1S/C24H27FN4O5/c1-15(2)34-27-16(3)20-13-28(14-21(30)19-10-18(25)7-8-22(19)33-4)24(32)29(23(20)31)12-17-6-5-9-26-11-17/h5-11,13,15,21,30H,12,14H2,1-4H3/b27-16+. The minimum absolute atomic E-state index is 0.0307. The predicted molar refractivity (Wildman–Crippen MR) is 125 cm³/mol. The molecule has 2 heterocycles. The van der Waals surface area contributed by atoms with Crippen molar-refractivity contribution in [2.45, 2.75) is 46.1 Å². The summed E-state index contributed by atoms with van der Waals surface area (Å²) in [5.74, 6) is -0.285. The zero-order chi connectivity index (χ0) is 24.8. The molecule has 1 unspecified atom stereocenters. The first-order valence-electron chi connectivity index (χ1n) is 10.7. The van der Waals surface area contributed by atoms with E-state index in [1.165, 1.54) is 30.0 Å². The van der Waals surface area contributed by atoms with E-state index in [4.69, 9.17) is 9.57 Å². The lowest BCUT2D eigenvalue weighted by Crippen LogP contribution is -2.43. The molecule has 180 valence electrons. The molecule has 0 saturated carbocycles. The number of halogens is 1. The Balaban J connectivity index is 2.10. The van der Waals surface area contributed by atoms with Crippen LogP contribution in [0.5, 0.6) is 5.75 Å². The first-order valence-corrected chi connectivity index (χ1v) is 10.7. The Morgan fingerprint density at radius 3 is 2.68 bits per heavy atom. The second-order valence-electron chi connectivity index (χ2n) is 7.96. The fourth-order valence-electron chi connectivity index (χ4n) is 3.33. The summed E-state index contributed by atoms with van der Waals surface area (Å²) in [4.78, 5) is 35.7. The van der Waals surface area contributed by atoms with Crippen LogP contribution in [0.4, 0.5) is 4.39 Å². The van der Waals surface area contributed by atoms with Gasteiger partial charge < -0.3 is 14.7 Å². The molecule has 9 nitrogen and oxygen atoms in total. The Kier molecular flexibility index (Phi) is 7.95. The highest BCUT2D eigenvalue weighted by Gasteiger charge is 2.20. The Bertz CT molecular complexity index is 1280. The summed E-state index contributed by atoms with van der Waals surface area (Å²) in [6.07, 6.45) is 2.97. The number of hydrogen-bond acceptors (Lipinski definition) is 7. The predicted octanol–water partition coefficient (Wildman–Crippen LogP) is 2.48. The molecule has 0 fully saturated rings. The van der Waals surface area contributed by atoms with Crippen LogP contribution in [0.3, 0.4) is 0 Å².